The van der Waals surface area contributed by atoms with Crippen molar-refractivity contribution in [1.82, 2.24) is 15.6 Å². The minimum absolute atomic E-state index is 0.0910. The average molecular weight is 380 g/mol. The first kappa shape index (κ1) is 20.9. The van der Waals surface area contributed by atoms with E-state index in [1.807, 2.05) is 32.0 Å². The van der Waals surface area contributed by atoms with Crippen molar-refractivity contribution >= 4 is 11.8 Å². The third-order valence-corrected chi connectivity index (χ3v) is 3.92. The third-order valence-electron chi connectivity index (χ3n) is 3.92. The smallest absolute Gasteiger partial charge is 0.251 e. The van der Waals surface area contributed by atoms with Gasteiger partial charge in [0.2, 0.25) is 5.91 Å². The maximum Gasteiger partial charge on any atom is 0.251 e. The largest absolute Gasteiger partial charge is 0.489 e. The van der Waals surface area contributed by atoms with E-state index in [9.17, 15) is 9.59 Å². The summed E-state index contributed by atoms with van der Waals surface area (Å²) in [5.74, 6) is 0.129. The molecule has 0 saturated carbocycles. The highest BCUT2D eigenvalue weighted by molar-refractivity contribution is 5.97. The van der Waals surface area contributed by atoms with Gasteiger partial charge in [-0.1, -0.05) is 19.9 Å². The maximum absolute atomic E-state index is 12.5. The van der Waals surface area contributed by atoms with Gasteiger partial charge in [-0.2, -0.15) is 5.26 Å². The molecule has 0 saturated heterocycles. The number of nitrogens with one attached hydrogen (secondary N) is 2. The predicted molar refractivity (Wildman–Crippen MR) is 104 cm³/mol. The first-order valence-electron chi connectivity index (χ1n) is 9.07. The van der Waals surface area contributed by atoms with Crippen LogP contribution < -0.4 is 15.4 Å². The minimum Gasteiger partial charge on any atom is -0.489 e. The number of pyridine rings is 1. The van der Waals surface area contributed by atoms with Crippen LogP contribution in [0.2, 0.25) is 0 Å². The Morgan fingerprint density at radius 2 is 1.96 bits per heavy atom. The lowest BCUT2D eigenvalue weighted by Crippen LogP contribution is -2.47. The van der Waals surface area contributed by atoms with E-state index in [2.05, 4.69) is 15.6 Å². The SMILES string of the molecule is CC(C)C[C@H](NC(=O)c1ccc(OCc2cccnc2)cc1)C(=O)NCC#N. The quantitative estimate of drug-likeness (QED) is 0.650. The van der Waals surface area contributed by atoms with E-state index in [4.69, 9.17) is 10.00 Å². The maximum atomic E-state index is 12.5. The normalized spacial score (nSPS) is 11.4. The second kappa shape index (κ2) is 10.7. The van der Waals surface area contributed by atoms with Crippen LogP contribution in [-0.4, -0.2) is 29.4 Å². The molecule has 2 rings (SSSR count). The number of aromatic nitrogens is 1. The molecule has 1 aromatic carbocycles. The van der Waals surface area contributed by atoms with E-state index < -0.39 is 6.04 Å². The molecule has 0 aliphatic heterocycles. The molecule has 0 bridgehead atoms. The molecule has 0 radical (unpaired) electrons. The van der Waals surface area contributed by atoms with Crippen molar-refractivity contribution in [1.29, 1.82) is 5.26 Å². The van der Waals surface area contributed by atoms with Gasteiger partial charge in [0.25, 0.3) is 5.91 Å². The summed E-state index contributed by atoms with van der Waals surface area (Å²) in [6, 6.07) is 11.6. The Balaban J connectivity index is 1.96. The molecule has 2 amide bonds. The molecule has 28 heavy (non-hydrogen) atoms. The van der Waals surface area contributed by atoms with Gasteiger partial charge in [0, 0.05) is 23.5 Å². The Labute approximate surface area is 164 Å². The number of ether oxygens (including phenoxy) is 1. The number of hydrogen-bond donors (Lipinski definition) is 2. The molecule has 0 unspecified atom stereocenters. The fraction of sp³-hybridized carbons (Fsp3) is 0.333. The van der Waals surface area contributed by atoms with Gasteiger partial charge in [0.1, 0.15) is 24.9 Å². The van der Waals surface area contributed by atoms with Crippen molar-refractivity contribution in [3.63, 3.8) is 0 Å². The molecule has 2 N–H and O–H groups in total. The van der Waals surface area contributed by atoms with Crippen LogP contribution >= 0.6 is 0 Å². The standard InChI is InChI=1S/C21H24N4O3/c1-15(2)12-19(21(27)24-11-9-22)25-20(26)17-5-7-18(8-6-17)28-14-16-4-3-10-23-13-16/h3-8,10,13,15,19H,11-12,14H2,1-2H3,(H,24,27)(H,25,26)/t19-/m0/s1. The van der Waals surface area contributed by atoms with Crippen LogP contribution in [0.15, 0.2) is 48.8 Å². The summed E-state index contributed by atoms with van der Waals surface area (Å²) < 4.78 is 5.68. The van der Waals surface area contributed by atoms with Crippen molar-refractivity contribution in [2.75, 3.05) is 6.54 Å². The molecule has 0 fully saturated rings. The van der Waals surface area contributed by atoms with Gasteiger partial charge in [0.15, 0.2) is 0 Å². The average Bonchev–Trinajstić information content (AvgIpc) is 2.70. The van der Waals surface area contributed by atoms with Gasteiger partial charge < -0.3 is 15.4 Å². The second-order valence-electron chi connectivity index (χ2n) is 6.71. The van der Waals surface area contributed by atoms with Gasteiger partial charge in [-0.15, -0.1) is 0 Å². The van der Waals surface area contributed by atoms with Crippen LogP contribution in [-0.2, 0) is 11.4 Å². The number of amides is 2. The summed E-state index contributed by atoms with van der Waals surface area (Å²) in [6.45, 7) is 4.22. The van der Waals surface area contributed by atoms with Crippen LogP contribution in [0, 0.1) is 17.2 Å². The van der Waals surface area contributed by atoms with Gasteiger partial charge in [-0.05, 0) is 42.7 Å². The highest BCUT2D eigenvalue weighted by atomic mass is 16.5. The Kier molecular flexibility index (Phi) is 7.97. The number of rotatable bonds is 9. The molecule has 1 heterocycles. The third kappa shape index (κ3) is 6.72. The zero-order valence-electron chi connectivity index (χ0n) is 16.0. The van der Waals surface area contributed by atoms with Gasteiger partial charge in [0.05, 0.1) is 6.07 Å². The Bertz CT molecular complexity index is 814. The van der Waals surface area contributed by atoms with Crippen LogP contribution in [0.3, 0.4) is 0 Å². The molecule has 2 aromatic rings. The molecule has 0 aliphatic carbocycles. The van der Waals surface area contributed by atoms with Gasteiger partial charge in [-0.25, -0.2) is 0 Å². The van der Waals surface area contributed by atoms with Crippen molar-refractivity contribution in [3.8, 4) is 11.8 Å². The van der Waals surface area contributed by atoms with Crippen molar-refractivity contribution in [3.05, 3.63) is 59.9 Å². The number of benzene rings is 1. The fourth-order valence-corrected chi connectivity index (χ4v) is 2.55. The highest BCUT2D eigenvalue weighted by Gasteiger charge is 2.22. The molecule has 0 spiro atoms. The Morgan fingerprint density at radius 3 is 2.57 bits per heavy atom. The zero-order chi connectivity index (χ0) is 20.4. The van der Waals surface area contributed by atoms with Crippen molar-refractivity contribution < 1.29 is 14.3 Å². The first-order valence-corrected chi connectivity index (χ1v) is 9.07. The van der Waals surface area contributed by atoms with E-state index in [1.165, 1.54) is 0 Å². The first-order chi connectivity index (χ1) is 13.5. The number of hydrogen-bond acceptors (Lipinski definition) is 5. The topological polar surface area (TPSA) is 104 Å². The van der Waals surface area contributed by atoms with Crippen molar-refractivity contribution in [2.45, 2.75) is 32.9 Å². The van der Waals surface area contributed by atoms with E-state index in [0.717, 1.165) is 5.56 Å². The molecule has 146 valence electrons. The predicted octanol–water partition coefficient (Wildman–Crippen LogP) is 2.44. The summed E-state index contributed by atoms with van der Waals surface area (Å²) in [4.78, 5) is 28.7. The molecule has 0 aliphatic rings. The Hall–Kier alpha value is -3.40. The fourth-order valence-electron chi connectivity index (χ4n) is 2.55. The van der Waals surface area contributed by atoms with Gasteiger partial charge >= 0.3 is 0 Å². The molecular formula is C21H24N4O3. The van der Waals surface area contributed by atoms with Crippen LogP contribution in [0.1, 0.15) is 36.2 Å². The van der Waals surface area contributed by atoms with Gasteiger partial charge in [-0.3, -0.25) is 14.6 Å². The summed E-state index contributed by atoms with van der Waals surface area (Å²) in [6.07, 6.45) is 3.91. The second-order valence-corrected chi connectivity index (χ2v) is 6.71. The minimum atomic E-state index is -0.692. The molecular weight excluding hydrogens is 356 g/mol. The van der Waals surface area contributed by atoms with Crippen molar-refractivity contribution in [2.24, 2.45) is 5.92 Å². The molecule has 7 nitrogen and oxygen atoms in total. The van der Waals surface area contributed by atoms with E-state index in [1.54, 1.807) is 36.7 Å². The number of nitriles is 1. The van der Waals surface area contributed by atoms with Crippen LogP contribution in [0.25, 0.3) is 0 Å². The van der Waals surface area contributed by atoms with E-state index in [-0.39, 0.29) is 24.3 Å². The highest BCUT2D eigenvalue weighted by Crippen LogP contribution is 2.15. The molecule has 1 atom stereocenters. The Morgan fingerprint density at radius 1 is 1.21 bits per heavy atom. The lowest BCUT2D eigenvalue weighted by molar-refractivity contribution is -0.123. The van der Waals surface area contributed by atoms with E-state index in [0.29, 0.717) is 24.3 Å². The van der Waals surface area contributed by atoms with Crippen LogP contribution in [0.4, 0.5) is 0 Å². The van der Waals surface area contributed by atoms with E-state index >= 15 is 0 Å². The summed E-state index contributed by atoms with van der Waals surface area (Å²) in [7, 11) is 0. The monoisotopic (exact) mass is 380 g/mol. The zero-order valence-corrected chi connectivity index (χ0v) is 16.0. The molecule has 7 heteroatoms. The lowest BCUT2D eigenvalue weighted by Gasteiger charge is -2.19. The number of carbonyl (C=O) groups is 2. The summed E-state index contributed by atoms with van der Waals surface area (Å²) >= 11 is 0. The summed E-state index contributed by atoms with van der Waals surface area (Å²) in [5.41, 5.74) is 1.37. The number of nitrogens with zero attached hydrogens (tertiary/aromatic N) is 2. The number of carbonyl (C=O) groups excluding carboxylic acids is 2. The lowest BCUT2D eigenvalue weighted by atomic mass is 10.0. The molecule has 1 aromatic heterocycles. The van der Waals surface area contributed by atoms with Crippen LogP contribution in [0.5, 0.6) is 5.75 Å². The summed E-state index contributed by atoms with van der Waals surface area (Å²) in [5, 5.41) is 13.9.